The van der Waals surface area contributed by atoms with Gasteiger partial charge >= 0.3 is 5.97 Å². The molecule has 2 fully saturated rings. The number of hydrogen-bond donors (Lipinski definition) is 2. The van der Waals surface area contributed by atoms with Gasteiger partial charge in [-0.15, -0.1) is 11.8 Å². The van der Waals surface area contributed by atoms with Gasteiger partial charge in [-0.05, 0) is 43.0 Å². The highest BCUT2D eigenvalue weighted by Gasteiger charge is 2.55. The lowest BCUT2D eigenvalue weighted by Crippen LogP contribution is -2.71. The zero-order chi connectivity index (χ0) is 20.1. The number of rotatable bonds is 4. The van der Waals surface area contributed by atoms with Crippen LogP contribution in [0.3, 0.4) is 0 Å². The summed E-state index contributed by atoms with van der Waals surface area (Å²) in [5.74, 6) is -1.11. The molecule has 8 heteroatoms. The van der Waals surface area contributed by atoms with Gasteiger partial charge in [0.25, 0.3) is 5.91 Å². The number of carbonyl (C=O) groups excluding carboxylic acids is 2. The molecule has 2 heterocycles. The summed E-state index contributed by atoms with van der Waals surface area (Å²) in [4.78, 5) is 38.8. The molecule has 148 valence electrons. The van der Waals surface area contributed by atoms with E-state index in [0.29, 0.717) is 29.2 Å². The minimum atomic E-state index is -1.10. The van der Waals surface area contributed by atoms with Crippen molar-refractivity contribution in [2.75, 3.05) is 5.75 Å². The molecule has 2 atom stereocenters. The average molecular weight is 421 g/mol. The van der Waals surface area contributed by atoms with E-state index in [9.17, 15) is 19.5 Å². The number of amides is 2. The summed E-state index contributed by atoms with van der Waals surface area (Å²) in [6, 6.07) is 6.66. The molecule has 0 bridgehead atoms. The van der Waals surface area contributed by atoms with Gasteiger partial charge in [0.15, 0.2) is 0 Å². The maximum atomic E-state index is 13.3. The molecule has 2 aliphatic heterocycles. The minimum absolute atomic E-state index is 0.0460. The molecular formula is C20H21ClN2O4S. The number of carbonyl (C=O) groups is 3. The summed E-state index contributed by atoms with van der Waals surface area (Å²) in [5, 5.41) is 12.6. The molecule has 6 nitrogen and oxygen atoms in total. The lowest BCUT2D eigenvalue weighted by molar-refractivity contribution is -0.151. The van der Waals surface area contributed by atoms with Gasteiger partial charge < -0.3 is 10.4 Å². The molecule has 2 amide bonds. The monoisotopic (exact) mass is 420 g/mol. The average Bonchev–Trinajstić information content (AvgIpc) is 3.16. The molecule has 1 aromatic rings. The molecule has 3 aliphatic rings. The molecule has 1 aromatic carbocycles. The van der Waals surface area contributed by atoms with E-state index in [1.54, 1.807) is 13.0 Å². The van der Waals surface area contributed by atoms with E-state index in [0.717, 1.165) is 18.4 Å². The van der Waals surface area contributed by atoms with Crippen molar-refractivity contribution in [2.45, 2.75) is 49.4 Å². The Morgan fingerprint density at radius 2 is 2.04 bits per heavy atom. The molecule has 4 rings (SSSR count). The Morgan fingerprint density at radius 1 is 1.32 bits per heavy atom. The number of fused-ring (bicyclic) bond motifs is 1. The van der Waals surface area contributed by atoms with Gasteiger partial charge in [-0.2, -0.15) is 0 Å². The number of thioether (sulfide) groups is 1. The largest absolute Gasteiger partial charge is 0.477 e. The SMILES string of the molecule is CC1=C(C(=O)O)N2C(=O)[C@H](NC(=O)C3(c4cccc(Cl)c4)CCCC3)[C@H]2SC1. The summed E-state index contributed by atoms with van der Waals surface area (Å²) in [6.07, 6.45) is 3.30. The summed E-state index contributed by atoms with van der Waals surface area (Å²) in [5.41, 5.74) is 0.895. The van der Waals surface area contributed by atoms with E-state index in [2.05, 4.69) is 5.32 Å². The van der Waals surface area contributed by atoms with Crippen LogP contribution in [0.5, 0.6) is 0 Å². The minimum Gasteiger partial charge on any atom is -0.477 e. The standard InChI is InChI=1S/C20H21ClN2O4S/c1-11-10-28-17-14(16(24)23(17)15(11)18(25)26)22-19(27)20(7-2-3-8-20)12-5-4-6-13(21)9-12/h4-6,9,14,17H,2-3,7-8,10H2,1H3,(H,22,27)(H,25,26)/t14-,17+/m0/s1. The van der Waals surface area contributed by atoms with Gasteiger partial charge in [-0.25, -0.2) is 4.79 Å². The molecule has 28 heavy (non-hydrogen) atoms. The summed E-state index contributed by atoms with van der Waals surface area (Å²) < 4.78 is 0. The molecular weight excluding hydrogens is 400 g/mol. The maximum Gasteiger partial charge on any atom is 0.352 e. The van der Waals surface area contributed by atoms with Gasteiger partial charge in [0.2, 0.25) is 5.91 Å². The van der Waals surface area contributed by atoms with Crippen molar-refractivity contribution in [2.24, 2.45) is 0 Å². The topological polar surface area (TPSA) is 86.7 Å². The Hall–Kier alpha value is -1.99. The number of hydrogen-bond acceptors (Lipinski definition) is 4. The van der Waals surface area contributed by atoms with E-state index in [1.807, 2.05) is 18.2 Å². The normalized spacial score (nSPS) is 25.9. The van der Waals surface area contributed by atoms with Gasteiger partial charge in [0.05, 0.1) is 5.41 Å². The van der Waals surface area contributed by atoms with Crippen LogP contribution in [0.2, 0.25) is 5.02 Å². The van der Waals surface area contributed by atoms with Crippen molar-refractivity contribution in [1.82, 2.24) is 10.2 Å². The van der Waals surface area contributed by atoms with Crippen molar-refractivity contribution >= 4 is 41.1 Å². The van der Waals surface area contributed by atoms with Crippen LogP contribution >= 0.6 is 23.4 Å². The van der Waals surface area contributed by atoms with E-state index in [-0.39, 0.29) is 22.9 Å². The predicted molar refractivity (Wildman–Crippen MR) is 107 cm³/mol. The Morgan fingerprint density at radius 3 is 2.68 bits per heavy atom. The number of halogens is 1. The van der Waals surface area contributed by atoms with E-state index < -0.39 is 17.4 Å². The van der Waals surface area contributed by atoms with Crippen molar-refractivity contribution in [3.63, 3.8) is 0 Å². The van der Waals surface area contributed by atoms with Crippen LogP contribution in [0.4, 0.5) is 0 Å². The fourth-order valence-corrected chi connectivity index (χ4v) is 5.95. The van der Waals surface area contributed by atoms with Crippen LogP contribution in [0.15, 0.2) is 35.5 Å². The Labute approximate surface area is 172 Å². The van der Waals surface area contributed by atoms with Crippen LogP contribution in [-0.4, -0.2) is 45.0 Å². The second kappa shape index (κ2) is 7.12. The van der Waals surface area contributed by atoms with Crippen LogP contribution in [0.1, 0.15) is 38.2 Å². The molecule has 1 saturated carbocycles. The number of aliphatic carboxylic acids is 1. The molecule has 0 unspecified atom stereocenters. The number of nitrogens with zero attached hydrogens (tertiary/aromatic N) is 1. The van der Waals surface area contributed by atoms with Gasteiger partial charge in [-0.1, -0.05) is 36.6 Å². The summed E-state index contributed by atoms with van der Waals surface area (Å²) in [7, 11) is 0. The molecule has 0 spiro atoms. The van der Waals surface area contributed by atoms with E-state index in [1.165, 1.54) is 16.7 Å². The first-order valence-electron chi connectivity index (χ1n) is 9.30. The Bertz CT molecular complexity index is 894. The number of carboxylic acid groups (broad SMARTS) is 1. The lowest BCUT2D eigenvalue weighted by atomic mass is 9.77. The van der Waals surface area contributed by atoms with Crippen molar-refractivity contribution in [3.8, 4) is 0 Å². The number of nitrogens with one attached hydrogen (secondary N) is 1. The Balaban J connectivity index is 1.57. The number of benzene rings is 1. The van der Waals surface area contributed by atoms with E-state index in [4.69, 9.17) is 11.6 Å². The highest BCUT2D eigenvalue weighted by molar-refractivity contribution is 8.00. The van der Waals surface area contributed by atoms with Crippen LogP contribution in [0, 0.1) is 0 Å². The van der Waals surface area contributed by atoms with Crippen LogP contribution in [-0.2, 0) is 19.8 Å². The number of carboxylic acids is 1. The fourth-order valence-electron chi connectivity index (χ4n) is 4.47. The molecule has 0 radical (unpaired) electrons. The van der Waals surface area contributed by atoms with Crippen LogP contribution < -0.4 is 5.32 Å². The summed E-state index contributed by atoms with van der Waals surface area (Å²) >= 11 is 7.64. The molecule has 2 N–H and O–H groups in total. The van der Waals surface area contributed by atoms with Crippen LogP contribution in [0.25, 0.3) is 0 Å². The fraction of sp³-hybridized carbons (Fsp3) is 0.450. The first-order chi connectivity index (χ1) is 13.3. The zero-order valence-electron chi connectivity index (χ0n) is 15.4. The number of β-lactam (4-membered cyclic amide) rings is 1. The van der Waals surface area contributed by atoms with Gasteiger partial charge in [0.1, 0.15) is 17.1 Å². The third-order valence-corrected chi connectivity index (χ3v) is 7.58. The predicted octanol–water partition coefficient (Wildman–Crippen LogP) is 2.91. The second-order valence-corrected chi connectivity index (χ2v) is 9.14. The zero-order valence-corrected chi connectivity index (χ0v) is 17.0. The molecule has 1 saturated heterocycles. The first-order valence-corrected chi connectivity index (χ1v) is 10.7. The highest BCUT2D eigenvalue weighted by atomic mass is 35.5. The van der Waals surface area contributed by atoms with Crippen molar-refractivity contribution in [1.29, 1.82) is 0 Å². The highest BCUT2D eigenvalue weighted by Crippen LogP contribution is 2.44. The van der Waals surface area contributed by atoms with Crippen molar-refractivity contribution < 1.29 is 19.5 Å². The third kappa shape index (κ3) is 2.92. The van der Waals surface area contributed by atoms with Crippen molar-refractivity contribution in [3.05, 3.63) is 46.1 Å². The van der Waals surface area contributed by atoms with Gasteiger partial charge in [-0.3, -0.25) is 14.5 Å². The Kier molecular flexibility index (Phi) is 4.91. The smallest absolute Gasteiger partial charge is 0.352 e. The second-order valence-electron chi connectivity index (χ2n) is 7.59. The maximum absolute atomic E-state index is 13.3. The third-order valence-electron chi connectivity index (χ3n) is 5.92. The van der Waals surface area contributed by atoms with E-state index >= 15 is 0 Å². The molecule has 1 aliphatic carbocycles. The summed E-state index contributed by atoms with van der Waals surface area (Å²) in [6.45, 7) is 1.72. The lowest BCUT2D eigenvalue weighted by Gasteiger charge is -2.50. The quantitative estimate of drug-likeness (QED) is 0.731. The first kappa shape index (κ1) is 19.3. The van der Waals surface area contributed by atoms with Gasteiger partial charge in [0, 0.05) is 10.8 Å². The molecule has 0 aromatic heterocycles.